The molecule has 0 unspecified atom stereocenters. The second kappa shape index (κ2) is 5.29. The predicted molar refractivity (Wildman–Crippen MR) is 55.7 cm³/mol. The van der Waals surface area contributed by atoms with Gasteiger partial charge in [0, 0.05) is 3.58 Å². The largest absolute Gasteiger partial charge is 0.455 e. The van der Waals surface area contributed by atoms with Crippen LogP contribution in [0, 0.1) is 0 Å². The lowest BCUT2D eigenvalue weighted by Gasteiger charge is -2.08. The number of hydrogen-bond donors (Lipinski definition) is 1. The molecule has 0 heterocycles. The fourth-order valence-electron chi connectivity index (χ4n) is 0.671. The number of alkyl halides is 3. The molecule has 2 nitrogen and oxygen atoms in total. The molecular weight excluding hydrogens is 329 g/mol. The molecule has 0 fully saturated rings. The lowest BCUT2D eigenvalue weighted by molar-refractivity contribution is -0.166. The summed E-state index contributed by atoms with van der Waals surface area (Å²) < 4.78 is 48.4. The van der Waals surface area contributed by atoms with Gasteiger partial charge in [-0.15, -0.1) is 0 Å². The van der Waals surface area contributed by atoms with Crippen molar-refractivity contribution < 1.29 is 22.4 Å². The molecule has 0 aromatic heterocycles. The van der Waals surface area contributed by atoms with Crippen LogP contribution < -0.4 is 5.73 Å². The van der Waals surface area contributed by atoms with Crippen LogP contribution in [-0.4, -0.2) is 12.0 Å². The highest BCUT2D eigenvalue weighted by Gasteiger charge is 2.42. The van der Waals surface area contributed by atoms with Crippen LogP contribution in [0.15, 0.2) is 33.8 Å². The van der Waals surface area contributed by atoms with Gasteiger partial charge in [-0.2, -0.15) is 13.2 Å². The number of rotatable bonds is 3. The number of carbonyl (C=O) groups excluding carboxylic acids is 1. The van der Waals surface area contributed by atoms with Crippen molar-refractivity contribution in [3.05, 3.63) is 33.8 Å². The van der Waals surface area contributed by atoms with Gasteiger partial charge in [-0.3, -0.25) is 4.79 Å². The van der Waals surface area contributed by atoms with Crippen molar-refractivity contribution in [1.29, 1.82) is 0 Å². The van der Waals surface area contributed by atoms with Crippen LogP contribution in [0.4, 0.5) is 17.6 Å². The van der Waals surface area contributed by atoms with E-state index in [4.69, 9.17) is 5.73 Å². The van der Waals surface area contributed by atoms with Gasteiger partial charge < -0.3 is 5.73 Å². The minimum absolute atomic E-state index is 0.259. The number of Topliss-reactive ketones (excluding diaryl/α,β-unsaturated/α-hetero) is 1. The number of hydrogen-bond acceptors (Lipinski definition) is 2. The van der Waals surface area contributed by atoms with Crippen molar-refractivity contribution in [2.75, 3.05) is 0 Å². The third kappa shape index (κ3) is 4.02. The van der Waals surface area contributed by atoms with Crippen LogP contribution in [-0.2, 0) is 4.79 Å². The summed E-state index contributed by atoms with van der Waals surface area (Å²) in [5.41, 5.74) is 3.79. The molecule has 0 aliphatic carbocycles. The Morgan fingerprint density at radius 3 is 2.13 bits per heavy atom. The number of allylic oxidation sites excluding steroid dienone is 4. The topological polar surface area (TPSA) is 43.1 Å². The van der Waals surface area contributed by atoms with Crippen LogP contribution in [0.5, 0.6) is 0 Å². The number of nitrogens with two attached hydrogens (primary N) is 1. The van der Waals surface area contributed by atoms with Gasteiger partial charge in [0.1, 0.15) is 5.83 Å². The molecule has 7 heteroatoms. The van der Waals surface area contributed by atoms with Gasteiger partial charge in [0.2, 0.25) is 0 Å². The maximum Gasteiger partial charge on any atom is 0.455 e. The monoisotopic (exact) mass is 335 g/mol. The van der Waals surface area contributed by atoms with Crippen molar-refractivity contribution in [2.24, 2.45) is 5.73 Å². The zero-order valence-electron chi connectivity index (χ0n) is 7.24. The Kier molecular flexibility index (Phi) is 4.98. The fourth-order valence-corrected chi connectivity index (χ4v) is 1.42. The molecular formula is C8H6F4INO. The van der Waals surface area contributed by atoms with Crippen molar-refractivity contribution in [1.82, 2.24) is 0 Å². The first kappa shape index (κ1) is 14.1. The van der Waals surface area contributed by atoms with E-state index in [0.717, 1.165) is 12.3 Å². The highest BCUT2D eigenvalue weighted by molar-refractivity contribution is 14.1. The molecule has 0 rings (SSSR count). The molecule has 0 atom stereocenters. The van der Waals surface area contributed by atoms with Gasteiger partial charge in [0.05, 0.1) is 5.57 Å². The van der Waals surface area contributed by atoms with Gasteiger partial charge >= 0.3 is 6.18 Å². The molecule has 0 aliphatic rings. The van der Waals surface area contributed by atoms with Crippen molar-refractivity contribution in [3.63, 3.8) is 0 Å². The molecule has 0 saturated heterocycles. The minimum Gasteiger partial charge on any atom is -0.405 e. The lowest BCUT2D eigenvalue weighted by atomic mass is 10.1. The maximum atomic E-state index is 12.7. The average Bonchev–Trinajstić information content (AvgIpc) is 2.02. The molecule has 0 bridgehead atoms. The van der Waals surface area contributed by atoms with E-state index in [1.54, 1.807) is 0 Å². The van der Waals surface area contributed by atoms with Crippen LogP contribution in [0.3, 0.4) is 0 Å². The number of halogens is 5. The van der Waals surface area contributed by atoms with E-state index in [0.29, 0.717) is 0 Å². The lowest BCUT2D eigenvalue weighted by Crippen LogP contribution is -2.25. The SMILES string of the molecule is C=C(F)/C(C(=O)C(F)(F)F)=C(I)\C=C/N. The second-order valence-corrected chi connectivity index (χ2v) is 3.48. The Morgan fingerprint density at radius 2 is 1.87 bits per heavy atom. The van der Waals surface area contributed by atoms with E-state index in [2.05, 4.69) is 6.58 Å². The number of ketones is 1. The second-order valence-electron chi connectivity index (χ2n) is 2.31. The molecule has 0 amide bonds. The van der Waals surface area contributed by atoms with Crippen LogP contribution in [0.25, 0.3) is 0 Å². The van der Waals surface area contributed by atoms with E-state index >= 15 is 0 Å². The summed E-state index contributed by atoms with van der Waals surface area (Å²) in [5, 5.41) is 0. The first-order chi connectivity index (χ1) is 6.71. The van der Waals surface area contributed by atoms with Crippen molar-refractivity contribution in [3.8, 4) is 0 Å². The summed E-state index contributed by atoms with van der Waals surface area (Å²) in [6.07, 6.45) is -3.26. The van der Waals surface area contributed by atoms with E-state index in [1.165, 1.54) is 22.6 Å². The highest BCUT2D eigenvalue weighted by Crippen LogP contribution is 2.29. The summed E-state index contributed by atoms with van der Waals surface area (Å²) in [5.74, 6) is -3.72. The smallest absolute Gasteiger partial charge is 0.405 e. The van der Waals surface area contributed by atoms with Crippen LogP contribution in [0.2, 0.25) is 0 Å². The molecule has 0 aromatic rings. The molecule has 2 N–H and O–H groups in total. The molecule has 0 spiro atoms. The highest BCUT2D eigenvalue weighted by atomic mass is 127. The quantitative estimate of drug-likeness (QED) is 0.373. The molecule has 0 radical (unpaired) electrons. The van der Waals surface area contributed by atoms with Gasteiger partial charge in [0.15, 0.2) is 0 Å². The first-order valence-electron chi connectivity index (χ1n) is 3.46. The van der Waals surface area contributed by atoms with Gasteiger partial charge in [-0.1, -0.05) is 6.58 Å². The van der Waals surface area contributed by atoms with Crippen LogP contribution in [0.1, 0.15) is 0 Å². The van der Waals surface area contributed by atoms with E-state index in [9.17, 15) is 22.4 Å². The average molecular weight is 335 g/mol. The maximum absolute atomic E-state index is 12.7. The van der Waals surface area contributed by atoms with Gasteiger partial charge in [0.25, 0.3) is 5.78 Å². The van der Waals surface area contributed by atoms with E-state index < -0.39 is 23.4 Å². The van der Waals surface area contributed by atoms with Crippen molar-refractivity contribution in [2.45, 2.75) is 6.18 Å². The predicted octanol–water partition coefficient (Wildman–Crippen LogP) is 2.76. The molecule has 0 aliphatic heterocycles. The first-order valence-corrected chi connectivity index (χ1v) is 4.54. The standard InChI is InChI=1S/C8H6F4INO/c1-4(9)6(5(13)2-3-14)7(15)8(10,11)12/h2-3H,1,14H2/b3-2-,6-5-. The third-order valence-electron chi connectivity index (χ3n) is 1.24. The Bertz CT molecular complexity index is 343. The van der Waals surface area contributed by atoms with Crippen LogP contribution >= 0.6 is 22.6 Å². The zero-order chi connectivity index (χ0) is 12.2. The van der Waals surface area contributed by atoms with Gasteiger partial charge in [-0.25, -0.2) is 4.39 Å². The zero-order valence-corrected chi connectivity index (χ0v) is 9.39. The molecule has 15 heavy (non-hydrogen) atoms. The summed E-state index contributed by atoms with van der Waals surface area (Å²) in [6, 6.07) is 0. The normalized spacial score (nSPS) is 13.9. The summed E-state index contributed by atoms with van der Waals surface area (Å²) in [4.78, 5) is 10.8. The molecule has 0 aromatic carbocycles. The minimum atomic E-state index is -5.14. The Hall–Kier alpha value is -0.860. The fraction of sp³-hybridized carbons (Fsp3) is 0.125. The Balaban J connectivity index is 5.46. The Morgan fingerprint density at radius 1 is 1.40 bits per heavy atom. The summed E-state index contributed by atoms with van der Waals surface area (Å²) in [6.45, 7) is 2.67. The number of carbonyl (C=O) groups is 1. The molecule has 84 valence electrons. The van der Waals surface area contributed by atoms with Crippen molar-refractivity contribution >= 4 is 28.4 Å². The molecule has 0 saturated carbocycles. The Labute approximate surface area is 96.7 Å². The third-order valence-corrected chi connectivity index (χ3v) is 2.14. The van der Waals surface area contributed by atoms with E-state index in [1.807, 2.05) is 0 Å². The summed E-state index contributed by atoms with van der Waals surface area (Å²) in [7, 11) is 0. The summed E-state index contributed by atoms with van der Waals surface area (Å²) >= 11 is 1.37. The van der Waals surface area contributed by atoms with Gasteiger partial charge in [-0.05, 0) is 34.9 Å². The van der Waals surface area contributed by atoms with E-state index in [-0.39, 0.29) is 3.58 Å².